The molecule has 0 bridgehead atoms. The highest BCUT2D eigenvalue weighted by Crippen LogP contribution is 2.74. The third-order valence-corrected chi connectivity index (χ3v) is 15.3. The molecule has 0 aliphatic heterocycles. The second-order valence-corrected chi connectivity index (χ2v) is 18.1. The van der Waals surface area contributed by atoms with Gasteiger partial charge < -0.3 is 25.4 Å². The van der Waals surface area contributed by atoms with Crippen LogP contribution in [0.2, 0.25) is 0 Å². The first-order chi connectivity index (χ1) is 20.1. The molecule has 12 atom stereocenters. The number of allylic oxidation sites excluding steroid dienone is 1. The summed E-state index contributed by atoms with van der Waals surface area (Å²) in [7, 11) is 1.78. The molecule has 6 nitrogen and oxygen atoms in total. The number of ether oxygens (including phenoxy) is 2. The number of rotatable bonds is 9. The highest BCUT2D eigenvalue weighted by molar-refractivity contribution is 5.73. The molecule has 3 saturated carbocycles. The topological polar surface area (TPSA) is 102 Å². The average Bonchev–Trinajstić information content (AvgIpc) is 2.91. The van der Waals surface area contributed by atoms with Crippen LogP contribution < -0.4 is 5.73 Å². The van der Waals surface area contributed by atoms with Gasteiger partial charge in [-0.2, -0.15) is 0 Å². The van der Waals surface area contributed by atoms with Crippen LogP contribution in [0.1, 0.15) is 122 Å². The number of fused-ring (bicyclic) bond motifs is 5. The summed E-state index contributed by atoms with van der Waals surface area (Å²) >= 11 is 0. The van der Waals surface area contributed by atoms with Crippen molar-refractivity contribution in [3.8, 4) is 0 Å². The Balaban J connectivity index is 1.81. The Kier molecular flexibility index (Phi) is 9.49. The number of methoxy groups -OCH3 is 1. The third kappa shape index (κ3) is 4.97. The number of aliphatic hydroxyl groups is 1. The van der Waals surface area contributed by atoms with Gasteiger partial charge in [0.05, 0.1) is 30.8 Å². The van der Waals surface area contributed by atoms with E-state index in [9.17, 15) is 15.0 Å². The SMILES string of the molecule is CO[C@@H]1C[C@]2([C@H](C)O)C3=CC[C@@]4(C)[C@H](C(=O)O)[C@@](C)([C@H](C)C(C)C)CC[C@]4(C)[C@H]3CC[C@H]2C(C)(C)[C@H]1OC[C@](C)(N)C(C)C. The van der Waals surface area contributed by atoms with E-state index in [0.717, 1.165) is 32.1 Å². The van der Waals surface area contributed by atoms with Crippen molar-refractivity contribution in [2.24, 2.45) is 68.3 Å². The van der Waals surface area contributed by atoms with Gasteiger partial charge in [0.1, 0.15) is 0 Å². The fourth-order valence-electron chi connectivity index (χ4n) is 11.4. The lowest BCUT2D eigenvalue weighted by atomic mass is 9.34. The maximum atomic E-state index is 13.3. The predicted octanol–water partition coefficient (Wildman–Crippen LogP) is 7.72. The molecule has 0 spiro atoms. The number of aliphatic hydroxyl groups excluding tert-OH is 1. The number of aliphatic carboxylic acids is 1. The molecule has 0 saturated heterocycles. The van der Waals surface area contributed by atoms with E-state index in [2.05, 4.69) is 82.2 Å². The summed E-state index contributed by atoms with van der Waals surface area (Å²) in [5, 5.41) is 22.9. The van der Waals surface area contributed by atoms with E-state index in [1.807, 2.05) is 6.92 Å². The van der Waals surface area contributed by atoms with Crippen LogP contribution in [0.5, 0.6) is 0 Å². The first kappa shape index (κ1) is 35.9. The second-order valence-electron chi connectivity index (χ2n) is 18.1. The van der Waals surface area contributed by atoms with Crippen LogP contribution in [0.25, 0.3) is 0 Å². The molecule has 254 valence electrons. The van der Waals surface area contributed by atoms with Crippen LogP contribution >= 0.6 is 0 Å². The van der Waals surface area contributed by atoms with E-state index in [1.54, 1.807) is 7.11 Å². The quantitative estimate of drug-likeness (QED) is 0.229. The fourth-order valence-corrected chi connectivity index (χ4v) is 11.4. The predicted molar refractivity (Wildman–Crippen MR) is 178 cm³/mol. The molecule has 0 aromatic carbocycles. The highest BCUT2D eigenvalue weighted by Gasteiger charge is 2.71. The van der Waals surface area contributed by atoms with Gasteiger partial charge >= 0.3 is 5.97 Å². The molecular weight excluding hydrogens is 550 g/mol. The second kappa shape index (κ2) is 11.6. The van der Waals surface area contributed by atoms with Crippen molar-refractivity contribution in [3.05, 3.63) is 11.6 Å². The number of carboxylic acid groups (broad SMARTS) is 1. The lowest BCUT2D eigenvalue weighted by molar-refractivity contribution is -0.232. The Morgan fingerprint density at radius 2 is 1.66 bits per heavy atom. The molecule has 3 fully saturated rings. The molecule has 44 heavy (non-hydrogen) atoms. The van der Waals surface area contributed by atoms with Crippen molar-refractivity contribution in [2.75, 3.05) is 13.7 Å². The van der Waals surface area contributed by atoms with Crippen LogP contribution in [0.3, 0.4) is 0 Å². The van der Waals surface area contributed by atoms with E-state index in [0.29, 0.717) is 24.9 Å². The summed E-state index contributed by atoms with van der Waals surface area (Å²) in [4.78, 5) is 13.3. The molecule has 0 unspecified atom stereocenters. The van der Waals surface area contributed by atoms with Gasteiger partial charge in [-0.25, -0.2) is 0 Å². The molecule has 0 aromatic rings. The monoisotopic (exact) mass is 618 g/mol. The summed E-state index contributed by atoms with van der Waals surface area (Å²) in [6.45, 7) is 27.1. The zero-order chi connectivity index (χ0) is 33.4. The minimum Gasteiger partial charge on any atom is -0.481 e. The fraction of sp³-hybridized carbons (Fsp3) is 0.921. The number of carbonyl (C=O) groups is 1. The zero-order valence-corrected chi connectivity index (χ0v) is 30.4. The van der Waals surface area contributed by atoms with Crippen molar-refractivity contribution in [3.63, 3.8) is 0 Å². The minimum atomic E-state index is -0.643. The first-order valence-electron chi connectivity index (χ1n) is 17.6. The van der Waals surface area contributed by atoms with E-state index < -0.39 is 28.9 Å². The Bertz CT molecular complexity index is 1110. The van der Waals surface area contributed by atoms with Gasteiger partial charge in [0, 0.05) is 18.1 Å². The van der Waals surface area contributed by atoms with E-state index in [-0.39, 0.29) is 51.6 Å². The number of nitrogens with two attached hydrogens (primary N) is 1. The van der Waals surface area contributed by atoms with Crippen LogP contribution in [-0.4, -0.2) is 53.7 Å². The third-order valence-electron chi connectivity index (χ3n) is 15.3. The molecule has 0 amide bonds. The summed E-state index contributed by atoms with van der Waals surface area (Å²) in [5.41, 5.74) is 6.04. The van der Waals surface area contributed by atoms with Crippen LogP contribution in [0, 0.1) is 62.6 Å². The van der Waals surface area contributed by atoms with Gasteiger partial charge in [-0.3, -0.25) is 4.79 Å². The molecule has 4 aliphatic rings. The first-order valence-corrected chi connectivity index (χ1v) is 17.6. The zero-order valence-electron chi connectivity index (χ0n) is 30.4. The van der Waals surface area contributed by atoms with E-state index in [1.165, 1.54) is 5.57 Å². The van der Waals surface area contributed by atoms with Crippen molar-refractivity contribution in [1.82, 2.24) is 0 Å². The Morgan fingerprint density at radius 3 is 2.16 bits per heavy atom. The van der Waals surface area contributed by atoms with Gasteiger partial charge in [-0.05, 0) is 104 Å². The van der Waals surface area contributed by atoms with Gasteiger partial charge in [-0.15, -0.1) is 0 Å². The van der Waals surface area contributed by atoms with E-state index >= 15 is 0 Å². The molecular formula is C38H67NO5. The summed E-state index contributed by atoms with van der Waals surface area (Å²) in [6, 6.07) is 0. The normalized spacial score (nSPS) is 44.6. The van der Waals surface area contributed by atoms with Gasteiger partial charge in [0.15, 0.2) is 0 Å². The van der Waals surface area contributed by atoms with Crippen LogP contribution in [0.15, 0.2) is 11.6 Å². The Morgan fingerprint density at radius 1 is 1.05 bits per heavy atom. The average molecular weight is 618 g/mol. The standard InChI is InChI=1S/C38H67NO5/c1-22(2)24(5)34(9)18-19-35(10)26-14-15-29-33(7,8)31(44-21-37(12,39)23(3)4)28(43-13)20-38(29,25(6)40)27(26)16-17-36(35,11)30(34)32(41)42/h16,22-26,28-31,40H,14-15,17-21,39H2,1-13H3,(H,41,42)/t24-,25+,26+,28-,29+,30-,31+,34-,35-,36+,37+,38+/m1/s1. The van der Waals surface area contributed by atoms with Gasteiger partial charge in [-0.1, -0.05) is 80.9 Å². The van der Waals surface area contributed by atoms with E-state index in [4.69, 9.17) is 15.2 Å². The molecule has 6 heteroatoms. The number of hydrogen-bond donors (Lipinski definition) is 3. The molecule has 4 rings (SSSR count). The number of carboxylic acids is 1. The van der Waals surface area contributed by atoms with Crippen molar-refractivity contribution in [2.45, 2.75) is 145 Å². The Hall–Kier alpha value is -0.950. The minimum absolute atomic E-state index is 0.142. The largest absolute Gasteiger partial charge is 0.481 e. The van der Waals surface area contributed by atoms with Gasteiger partial charge in [0.25, 0.3) is 0 Å². The molecule has 0 radical (unpaired) electrons. The molecule has 0 aromatic heterocycles. The summed E-state index contributed by atoms with van der Waals surface area (Å²) in [5.74, 6) is 0.363. The van der Waals surface area contributed by atoms with Crippen LogP contribution in [0.4, 0.5) is 0 Å². The van der Waals surface area contributed by atoms with Crippen molar-refractivity contribution < 1.29 is 24.5 Å². The van der Waals surface area contributed by atoms with Crippen molar-refractivity contribution in [1.29, 1.82) is 0 Å². The van der Waals surface area contributed by atoms with Crippen molar-refractivity contribution >= 4 is 5.97 Å². The maximum absolute atomic E-state index is 13.3. The van der Waals surface area contributed by atoms with Gasteiger partial charge in [0.2, 0.25) is 0 Å². The summed E-state index contributed by atoms with van der Waals surface area (Å²) < 4.78 is 13.0. The Labute approximate surface area is 269 Å². The molecule has 4 N–H and O–H groups in total. The lowest BCUT2D eigenvalue weighted by Gasteiger charge is -2.70. The number of hydrogen-bond acceptors (Lipinski definition) is 5. The highest BCUT2D eigenvalue weighted by atomic mass is 16.5. The maximum Gasteiger partial charge on any atom is 0.307 e. The van der Waals surface area contributed by atoms with Crippen LogP contribution in [-0.2, 0) is 14.3 Å². The lowest BCUT2D eigenvalue weighted by Crippen LogP contribution is -2.68. The molecule has 0 heterocycles. The summed E-state index contributed by atoms with van der Waals surface area (Å²) in [6.07, 6.45) is 6.85. The smallest absolute Gasteiger partial charge is 0.307 e. The molecule has 4 aliphatic carbocycles.